The van der Waals surface area contributed by atoms with E-state index in [-0.39, 0.29) is 37.5 Å². The Balaban J connectivity index is 0. The first-order valence-electron chi connectivity index (χ1n) is 13.3. The second-order valence-electron chi connectivity index (χ2n) is 9.18. The highest BCUT2D eigenvalue weighted by atomic mass is 35.5. The molecule has 1 aliphatic rings. The Morgan fingerprint density at radius 1 is 1.12 bits per heavy atom. The molecule has 2 unspecified atom stereocenters. The molecule has 2 aromatic heterocycles. The van der Waals surface area contributed by atoms with Crippen LogP contribution >= 0.6 is 12.4 Å². The van der Waals surface area contributed by atoms with Gasteiger partial charge in [0.05, 0.1) is 12.2 Å². The summed E-state index contributed by atoms with van der Waals surface area (Å²) in [5.41, 5.74) is 18.0. The first kappa shape index (κ1) is 38.9. The van der Waals surface area contributed by atoms with Gasteiger partial charge in [-0.25, -0.2) is 9.97 Å². The lowest BCUT2D eigenvalue weighted by Gasteiger charge is -2.17. The Morgan fingerprint density at radius 3 is 2.27 bits per heavy atom. The van der Waals surface area contributed by atoms with Crippen LogP contribution in [0.25, 0.3) is 0 Å². The van der Waals surface area contributed by atoms with Crippen LogP contribution < -0.4 is 17.2 Å². The van der Waals surface area contributed by atoms with Gasteiger partial charge in [0.25, 0.3) is 0 Å². The van der Waals surface area contributed by atoms with Crippen molar-refractivity contribution in [2.75, 3.05) is 31.2 Å². The number of aromatic nitrogens is 2. The van der Waals surface area contributed by atoms with Crippen LogP contribution in [-0.2, 0) is 20.9 Å². The summed E-state index contributed by atoms with van der Waals surface area (Å²) < 4.78 is 4.83. The van der Waals surface area contributed by atoms with E-state index in [0.29, 0.717) is 62.0 Å². The number of hydrogen-bond donors (Lipinski definition) is 3. The molecule has 1 amide bonds. The van der Waals surface area contributed by atoms with E-state index in [1.165, 1.54) is 0 Å². The third-order valence-corrected chi connectivity index (χ3v) is 6.07. The van der Waals surface area contributed by atoms with E-state index < -0.39 is 0 Å². The summed E-state index contributed by atoms with van der Waals surface area (Å²) in [6.45, 7) is 8.56. The molecule has 1 fully saturated rings. The van der Waals surface area contributed by atoms with Gasteiger partial charge < -0.3 is 26.8 Å². The van der Waals surface area contributed by atoms with Gasteiger partial charge in [0.1, 0.15) is 11.6 Å². The first-order chi connectivity index (χ1) is 18.3. The summed E-state index contributed by atoms with van der Waals surface area (Å²) in [7, 11) is 0. The topological polar surface area (TPSA) is 168 Å². The number of carbonyl (C=O) groups is 3. The van der Waals surface area contributed by atoms with E-state index in [1.807, 2.05) is 24.0 Å². The number of nitrogens with two attached hydrogens (primary N) is 3. The van der Waals surface area contributed by atoms with Gasteiger partial charge in [0.2, 0.25) is 5.91 Å². The molecule has 1 saturated heterocycles. The van der Waals surface area contributed by atoms with E-state index in [2.05, 4.69) is 23.8 Å². The SMILES string of the molecule is C.CCCC(CN)CC(=O)OCC.CCCC1CC(=O)N(Cc2cccnc2N)C1.Cl.Nc1ncccc1C=O. The zero-order valence-corrected chi connectivity index (χ0v) is 24.2. The van der Waals surface area contributed by atoms with Gasteiger partial charge >= 0.3 is 5.97 Å². The summed E-state index contributed by atoms with van der Waals surface area (Å²) >= 11 is 0. The number of esters is 1. The maximum atomic E-state index is 11.8. The number of nitrogen functional groups attached to an aromatic ring is 2. The molecule has 2 atom stereocenters. The van der Waals surface area contributed by atoms with Crippen LogP contribution in [0.5, 0.6) is 0 Å². The molecular formula is C29H49ClN6O4. The van der Waals surface area contributed by atoms with Gasteiger partial charge in [0, 0.05) is 43.9 Å². The number of nitrogens with zero attached hydrogens (tertiary/aromatic N) is 3. The minimum absolute atomic E-state index is 0. The van der Waals surface area contributed by atoms with Crippen LogP contribution in [0.4, 0.5) is 11.6 Å². The average Bonchev–Trinajstić information content (AvgIpc) is 3.25. The molecule has 11 heteroatoms. The Labute approximate surface area is 245 Å². The van der Waals surface area contributed by atoms with Crippen molar-refractivity contribution in [1.82, 2.24) is 14.9 Å². The van der Waals surface area contributed by atoms with Crippen molar-refractivity contribution in [2.45, 2.75) is 73.3 Å². The van der Waals surface area contributed by atoms with E-state index in [4.69, 9.17) is 21.9 Å². The molecule has 3 heterocycles. The van der Waals surface area contributed by atoms with Crippen LogP contribution in [0.2, 0.25) is 0 Å². The predicted octanol–water partition coefficient (Wildman–Crippen LogP) is 4.66. The largest absolute Gasteiger partial charge is 0.466 e. The fourth-order valence-electron chi connectivity index (χ4n) is 4.10. The molecule has 40 heavy (non-hydrogen) atoms. The second kappa shape index (κ2) is 22.6. The zero-order valence-electron chi connectivity index (χ0n) is 23.4. The molecule has 0 saturated carbocycles. The normalized spacial score (nSPS) is 14.2. The third kappa shape index (κ3) is 14.8. The number of carbonyl (C=O) groups excluding carboxylic acids is 3. The molecule has 0 aliphatic carbocycles. The molecule has 1 aliphatic heterocycles. The van der Waals surface area contributed by atoms with Gasteiger partial charge in [-0.15, -0.1) is 12.4 Å². The lowest BCUT2D eigenvalue weighted by Crippen LogP contribution is -2.25. The van der Waals surface area contributed by atoms with Gasteiger partial charge in [-0.3, -0.25) is 14.4 Å². The smallest absolute Gasteiger partial charge is 0.306 e. The minimum Gasteiger partial charge on any atom is -0.466 e. The van der Waals surface area contributed by atoms with Crippen LogP contribution in [0.15, 0.2) is 36.7 Å². The molecular weight excluding hydrogens is 532 g/mol. The number of likely N-dealkylation sites (tertiary alicyclic amines) is 1. The van der Waals surface area contributed by atoms with Crippen molar-refractivity contribution in [3.63, 3.8) is 0 Å². The fraction of sp³-hybridized carbons (Fsp3) is 0.552. The van der Waals surface area contributed by atoms with E-state index in [0.717, 1.165) is 37.8 Å². The minimum atomic E-state index is -0.124. The van der Waals surface area contributed by atoms with Crippen LogP contribution in [0, 0.1) is 11.8 Å². The molecule has 2 aromatic rings. The van der Waals surface area contributed by atoms with Crippen molar-refractivity contribution in [1.29, 1.82) is 0 Å². The highest BCUT2D eigenvalue weighted by Crippen LogP contribution is 2.24. The monoisotopic (exact) mass is 580 g/mol. The number of ether oxygens (including phenoxy) is 1. The number of anilines is 2. The maximum Gasteiger partial charge on any atom is 0.306 e. The summed E-state index contributed by atoms with van der Waals surface area (Å²) in [6, 6.07) is 7.08. The van der Waals surface area contributed by atoms with Gasteiger partial charge in [-0.2, -0.15) is 0 Å². The van der Waals surface area contributed by atoms with Crippen LogP contribution in [0.1, 0.15) is 82.6 Å². The highest BCUT2D eigenvalue weighted by molar-refractivity contribution is 5.85. The number of aldehydes is 1. The average molecular weight is 581 g/mol. The molecule has 0 bridgehead atoms. The predicted molar refractivity (Wildman–Crippen MR) is 164 cm³/mol. The highest BCUT2D eigenvalue weighted by Gasteiger charge is 2.29. The standard InChI is InChI=1S/C13H19N3O.C9H19NO2.C6H6N2O.CH4.ClH/c1-2-4-10-7-12(17)16(8-10)9-11-5-3-6-15-13(11)14;1-3-5-8(7-10)6-9(11)12-4-2;7-6-5(4-9)2-1-3-8-6;;/h3,5-6,10H,2,4,7-9H2,1H3,(H2,14,15);8H,3-7,10H2,1-2H3;1-4H,(H2,7,8);1H4;1H. The fourth-order valence-corrected chi connectivity index (χ4v) is 4.10. The quantitative estimate of drug-likeness (QED) is 0.253. The number of rotatable bonds is 11. The summed E-state index contributed by atoms with van der Waals surface area (Å²) in [4.78, 5) is 42.6. The van der Waals surface area contributed by atoms with Crippen molar-refractivity contribution in [3.05, 3.63) is 47.8 Å². The Morgan fingerprint density at radius 2 is 1.77 bits per heavy atom. The molecule has 6 N–H and O–H groups in total. The second-order valence-corrected chi connectivity index (χ2v) is 9.18. The van der Waals surface area contributed by atoms with Crippen molar-refractivity contribution < 1.29 is 19.1 Å². The van der Waals surface area contributed by atoms with Crippen molar-refractivity contribution in [3.8, 4) is 0 Å². The lowest BCUT2D eigenvalue weighted by atomic mass is 10.0. The Kier molecular flexibility index (Phi) is 21.9. The van der Waals surface area contributed by atoms with Crippen molar-refractivity contribution in [2.24, 2.45) is 17.6 Å². The molecule has 226 valence electrons. The molecule has 0 radical (unpaired) electrons. The maximum absolute atomic E-state index is 11.8. The molecule has 3 rings (SSSR count). The number of hydrogen-bond acceptors (Lipinski definition) is 9. The van der Waals surface area contributed by atoms with Crippen molar-refractivity contribution >= 4 is 42.2 Å². The van der Waals surface area contributed by atoms with Gasteiger partial charge in [0.15, 0.2) is 6.29 Å². The van der Waals surface area contributed by atoms with Gasteiger partial charge in [-0.1, -0.05) is 40.2 Å². The van der Waals surface area contributed by atoms with E-state index in [9.17, 15) is 14.4 Å². The number of halogens is 1. The first-order valence-corrected chi connectivity index (χ1v) is 13.3. The third-order valence-electron chi connectivity index (χ3n) is 6.07. The molecule has 0 spiro atoms. The van der Waals surface area contributed by atoms with Gasteiger partial charge in [-0.05, 0) is 56.3 Å². The Hall–Kier alpha value is -3.24. The summed E-state index contributed by atoms with van der Waals surface area (Å²) in [6.07, 6.45) is 9.41. The Bertz CT molecular complexity index is 995. The lowest BCUT2D eigenvalue weighted by molar-refractivity contribution is -0.144. The number of amides is 1. The summed E-state index contributed by atoms with van der Waals surface area (Å²) in [5, 5.41) is 0. The zero-order chi connectivity index (χ0) is 28.3. The molecule has 10 nitrogen and oxygen atoms in total. The van der Waals surface area contributed by atoms with Crippen LogP contribution in [-0.4, -0.2) is 52.7 Å². The number of pyridine rings is 2. The van der Waals surface area contributed by atoms with Crippen LogP contribution in [0.3, 0.4) is 0 Å². The van der Waals surface area contributed by atoms with E-state index >= 15 is 0 Å². The van der Waals surface area contributed by atoms with E-state index in [1.54, 1.807) is 24.5 Å². The molecule has 0 aromatic carbocycles. The summed E-state index contributed by atoms with van der Waals surface area (Å²) in [5.74, 6) is 1.75.